The van der Waals surface area contributed by atoms with Crippen LogP contribution in [0.5, 0.6) is 0 Å². The fraction of sp³-hybridized carbons (Fsp3) is 0.333. The van der Waals surface area contributed by atoms with Gasteiger partial charge in [0, 0.05) is 6.20 Å². The number of rotatable bonds is 3. The van der Waals surface area contributed by atoms with Crippen LogP contribution in [0, 0.1) is 0 Å². The third kappa shape index (κ3) is 2.82. The highest BCUT2D eigenvalue weighted by atomic mass is 79.9. The summed E-state index contributed by atoms with van der Waals surface area (Å²) in [6.07, 6.45) is 1.52. The van der Waals surface area contributed by atoms with Crippen LogP contribution in [-0.2, 0) is 20.8 Å². The SMILES string of the molecule is COC(=O)Cn1cc(C(=O)OC)cc1Br. The lowest BCUT2D eigenvalue weighted by atomic mass is 10.3. The molecule has 0 bridgehead atoms. The van der Waals surface area contributed by atoms with Gasteiger partial charge in [-0.2, -0.15) is 0 Å². The summed E-state index contributed by atoms with van der Waals surface area (Å²) < 4.78 is 11.2. The molecule has 1 rings (SSSR count). The van der Waals surface area contributed by atoms with Crippen molar-refractivity contribution < 1.29 is 19.1 Å². The Hall–Kier alpha value is -1.30. The summed E-state index contributed by atoms with van der Waals surface area (Å²) in [5.74, 6) is -0.831. The Labute approximate surface area is 95.1 Å². The molecule has 0 atom stereocenters. The van der Waals surface area contributed by atoms with Crippen molar-refractivity contribution in [3.8, 4) is 0 Å². The molecule has 6 heteroatoms. The Morgan fingerprint density at radius 1 is 1.40 bits per heavy atom. The summed E-state index contributed by atoms with van der Waals surface area (Å²) in [6, 6.07) is 1.58. The summed E-state index contributed by atoms with van der Waals surface area (Å²) in [5, 5.41) is 0. The summed E-state index contributed by atoms with van der Waals surface area (Å²) >= 11 is 3.22. The molecule has 82 valence electrons. The number of esters is 2. The van der Waals surface area contributed by atoms with E-state index in [0.717, 1.165) is 0 Å². The third-order valence-electron chi connectivity index (χ3n) is 1.79. The van der Waals surface area contributed by atoms with Crippen molar-refractivity contribution >= 4 is 27.9 Å². The van der Waals surface area contributed by atoms with E-state index in [9.17, 15) is 9.59 Å². The maximum absolute atomic E-state index is 11.2. The second-order valence-electron chi connectivity index (χ2n) is 2.75. The Balaban J connectivity index is 2.86. The fourth-order valence-corrected chi connectivity index (χ4v) is 1.51. The van der Waals surface area contributed by atoms with E-state index in [1.807, 2.05) is 0 Å². The highest BCUT2D eigenvalue weighted by Crippen LogP contribution is 2.16. The monoisotopic (exact) mass is 275 g/mol. The molecule has 1 heterocycles. The lowest BCUT2D eigenvalue weighted by Gasteiger charge is -2.01. The van der Waals surface area contributed by atoms with Crippen LogP contribution in [0.1, 0.15) is 10.4 Å². The number of ether oxygens (including phenoxy) is 2. The maximum Gasteiger partial charge on any atom is 0.339 e. The molecule has 0 aliphatic rings. The predicted octanol–water partition coefficient (Wildman–Crippen LogP) is 1.21. The molecule has 0 aliphatic heterocycles. The van der Waals surface area contributed by atoms with Gasteiger partial charge >= 0.3 is 11.9 Å². The van der Waals surface area contributed by atoms with E-state index in [0.29, 0.717) is 10.2 Å². The highest BCUT2D eigenvalue weighted by molar-refractivity contribution is 9.10. The molecule has 0 amide bonds. The molecular weight excluding hydrogens is 266 g/mol. The number of halogens is 1. The summed E-state index contributed by atoms with van der Waals surface area (Å²) in [4.78, 5) is 22.2. The van der Waals surface area contributed by atoms with E-state index in [1.165, 1.54) is 20.4 Å². The first-order valence-electron chi connectivity index (χ1n) is 4.09. The molecule has 1 aromatic heterocycles. The molecule has 1 aromatic rings. The number of hydrogen-bond acceptors (Lipinski definition) is 4. The first kappa shape index (κ1) is 11.8. The van der Waals surface area contributed by atoms with Crippen molar-refractivity contribution in [3.63, 3.8) is 0 Å². The van der Waals surface area contributed by atoms with Gasteiger partial charge in [-0.15, -0.1) is 0 Å². The van der Waals surface area contributed by atoms with Crippen molar-refractivity contribution in [3.05, 3.63) is 22.4 Å². The van der Waals surface area contributed by atoms with Crippen molar-refractivity contribution in [2.75, 3.05) is 14.2 Å². The molecular formula is C9H10BrNO4. The van der Waals surface area contributed by atoms with Crippen LogP contribution in [0.15, 0.2) is 16.9 Å². The fourth-order valence-electron chi connectivity index (χ4n) is 1.03. The standard InChI is InChI=1S/C9H10BrNO4/c1-14-8(12)5-11-4-6(3-7(11)10)9(13)15-2/h3-4H,5H2,1-2H3. The minimum absolute atomic E-state index is 0.0497. The van der Waals surface area contributed by atoms with Gasteiger partial charge in [0.15, 0.2) is 0 Å². The molecule has 5 nitrogen and oxygen atoms in total. The number of carbonyl (C=O) groups excluding carboxylic acids is 2. The number of carbonyl (C=O) groups is 2. The van der Waals surface area contributed by atoms with E-state index in [1.54, 1.807) is 10.6 Å². The zero-order chi connectivity index (χ0) is 11.4. The quantitative estimate of drug-likeness (QED) is 0.779. The van der Waals surface area contributed by atoms with Crippen LogP contribution < -0.4 is 0 Å². The number of aromatic nitrogens is 1. The molecule has 0 N–H and O–H groups in total. The second kappa shape index (κ2) is 4.97. The van der Waals surface area contributed by atoms with Gasteiger partial charge in [-0.1, -0.05) is 0 Å². The largest absolute Gasteiger partial charge is 0.468 e. The van der Waals surface area contributed by atoms with Gasteiger partial charge in [0.1, 0.15) is 6.54 Å². The topological polar surface area (TPSA) is 57.5 Å². The highest BCUT2D eigenvalue weighted by Gasteiger charge is 2.12. The molecule has 0 spiro atoms. The number of hydrogen-bond donors (Lipinski definition) is 0. The van der Waals surface area contributed by atoms with Crippen LogP contribution in [0.25, 0.3) is 0 Å². The van der Waals surface area contributed by atoms with Gasteiger partial charge < -0.3 is 14.0 Å². The summed E-state index contributed by atoms with van der Waals surface area (Å²) in [7, 11) is 2.61. The van der Waals surface area contributed by atoms with E-state index in [-0.39, 0.29) is 12.5 Å². The molecule has 0 aromatic carbocycles. The third-order valence-corrected chi connectivity index (χ3v) is 2.48. The van der Waals surface area contributed by atoms with E-state index in [2.05, 4.69) is 25.4 Å². The second-order valence-corrected chi connectivity index (χ2v) is 3.56. The first-order valence-corrected chi connectivity index (χ1v) is 4.88. The molecule has 0 aliphatic carbocycles. The van der Waals surface area contributed by atoms with Crippen LogP contribution in [0.4, 0.5) is 0 Å². The molecule has 0 saturated carbocycles. The summed E-state index contributed by atoms with van der Waals surface area (Å²) in [6.45, 7) is 0.0497. The maximum atomic E-state index is 11.2. The minimum atomic E-state index is -0.445. The van der Waals surface area contributed by atoms with Crippen molar-refractivity contribution in [2.45, 2.75) is 6.54 Å². The van der Waals surface area contributed by atoms with Crippen LogP contribution in [-0.4, -0.2) is 30.7 Å². The zero-order valence-electron chi connectivity index (χ0n) is 8.32. The van der Waals surface area contributed by atoms with E-state index in [4.69, 9.17) is 0 Å². The normalized spacial score (nSPS) is 9.80. The van der Waals surface area contributed by atoms with Crippen LogP contribution in [0.2, 0.25) is 0 Å². The Morgan fingerprint density at radius 2 is 2.07 bits per heavy atom. The Bertz CT molecular complexity index is 385. The van der Waals surface area contributed by atoms with Gasteiger partial charge in [-0.3, -0.25) is 4.79 Å². The van der Waals surface area contributed by atoms with Gasteiger partial charge in [0.2, 0.25) is 0 Å². The first-order chi connectivity index (χ1) is 7.08. The number of methoxy groups -OCH3 is 2. The van der Waals surface area contributed by atoms with Crippen LogP contribution in [0.3, 0.4) is 0 Å². The lowest BCUT2D eigenvalue weighted by molar-refractivity contribution is -0.141. The smallest absolute Gasteiger partial charge is 0.339 e. The molecule has 15 heavy (non-hydrogen) atoms. The van der Waals surface area contributed by atoms with Gasteiger partial charge in [-0.05, 0) is 22.0 Å². The van der Waals surface area contributed by atoms with Gasteiger partial charge in [0.25, 0.3) is 0 Å². The Morgan fingerprint density at radius 3 is 2.60 bits per heavy atom. The Kier molecular flexibility index (Phi) is 3.90. The average molecular weight is 276 g/mol. The van der Waals surface area contributed by atoms with Crippen molar-refractivity contribution in [1.82, 2.24) is 4.57 Å². The van der Waals surface area contributed by atoms with Gasteiger partial charge in [-0.25, -0.2) is 4.79 Å². The van der Waals surface area contributed by atoms with Crippen molar-refractivity contribution in [2.24, 2.45) is 0 Å². The molecule has 0 fully saturated rings. The zero-order valence-corrected chi connectivity index (χ0v) is 9.91. The van der Waals surface area contributed by atoms with Gasteiger partial charge in [0.05, 0.1) is 24.4 Å². The van der Waals surface area contributed by atoms with E-state index < -0.39 is 5.97 Å². The summed E-state index contributed by atoms with van der Waals surface area (Å²) in [5.41, 5.74) is 0.383. The molecule has 0 unspecified atom stereocenters. The number of nitrogens with zero attached hydrogens (tertiary/aromatic N) is 1. The van der Waals surface area contributed by atoms with E-state index >= 15 is 0 Å². The lowest BCUT2D eigenvalue weighted by Crippen LogP contribution is -2.10. The predicted molar refractivity (Wildman–Crippen MR) is 55.5 cm³/mol. The molecule has 0 radical (unpaired) electrons. The molecule has 0 saturated heterocycles. The van der Waals surface area contributed by atoms with Crippen molar-refractivity contribution in [1.29, 1.82) is 0 Å². The average Bonchev–Trinajstić information content (AvgIpc) is 2.59. The minimum Gasteiger partial charge on any atom is -0.468 e. The van der Waals surface area contributed by atoms with Crippen LogP contribution >= 0.6 is 15.9 Å².